The highest BCUT2D eigenvalue weighted by Crippen LogP contribution is 2.35. The summed E-state index contributed by atoms with van der Waals surface area (Å²) in [5.74, 6) is 8.01. The molecule has 5 heteroatoms. The van der Waals surface area contributed by atoms with Gasteiger partial charge in [-0.1, -0.05) is 12.0 Å². The maximum atomic E-state index is 9.94. The molecule has 156 valence electrons. The van der Waals surface area contributed by atoms with Crippen LogP contribution in [-0.4, -0.2) is 43.0 Å². The quantitative estimate of drug-likeness (QED) is 0.637. The molecular weight excluding hydrogens is 366 g/mol. The first kappa shape index (κ1) is 21.3. The number of rotatable bonds is 9. The van der Waals surface area contributed by atoms with Crippen molar-refractivity contribution < 1.29 is 19.3 Å². The molecule has 2 aliphatic rings. The van der Waals surface area contributed by atoms with E-state index in [-0.39, 0.29) is 6.10 Å². The zero-order chi connectivity index (χ0) is 20.8. The minimum Gasteiger partial charge on any atom is -0.493 e. The van der Waals surface area contributed by atoms with Gasteiger partial charge in [0.25, 0.3) is 0 Å². The molecule has 0 radical (unpaired) electrons. The van der Waals surface area contributed by atoms with E-state index in [0.717, 1.165) is 35.1 Å². The lowest BCUT2D eigenvalue weighted by Crippen LogP contribution is -2.30. The van der Waals surface area contributed by atoms with Crippen LogP contribution >= 0.6 is 0 Å². The molecule has 1 aliphatic carbocycles. The number of methoxy groups -OCH3 is 1. The topological polar surface area (TPSA) is 51.2 Å². The van der Waals surface area contributed by atoms with Crippen LogP contribution in [-0.2, 0) is 4.74 Å². The molecule has 1 atom stereocenters. The van der Waals surface area contributed by atoms with Gasteiger partial charge in [0, 0.05) is 11.4 Å². The third-order valence-electron chi connectivity index (χ3n) is 5.29. The lowest BCUT2D eigenvalue weighted by atomic mass is 10.1. The van der Waals surface area contributed by atoms with E-state index in [1.54, 1.807) is 14.0 Å². The summed E-state index contributed by atoms with van der Waals surface area (Å²) >= 11 is 0. The van der Waals surface area contributed by atoms with Gasteiger partial charge in [-0.25, -0.2) is 0 Å². The average Bonchev–Trinajstić information content (AvgIpc) is 3.52. The number of aliphatic hydroxyl groups excluding tert-OH is 1. The summed E-state index contributed by atoms with van der Waals surface area (Å²) in [4.78, 5) is 2.16. The minimum atomic E-state index is -0.542. The molecule has 0 amide bonds. The fourth-order valence-electron chi connectivity index (χ4n) is 3.42. The van der Waals surface area contributed by atoms with Gasteiger partial charge >= 0.3 is 0 Å². The van der Waals surface area contributed by atoms with Gasteiger partial charge in [-0.05, 0) is 69.4 Å². The first-order valence-corrected chi connectivity index (χ1v) is 10.2. The summed E-state index contributed by atoms with van der Waals surface area (Å²) in [6.45, 7) is 7.51. The molecule has 1 aromatic carbocycles. The van der Waals surface area contributed by atoms with Gasteiger partial charge in [0.05, 0.1) is 26.4 Å². The number of nitrogens with zero attached hydrogens (tertiary/aromatic N) is 1. The molecule has 0 aromatic heterocycles. The number of allylic oxidation sites excluding steroid dienone is 2. The van der Waals surface area contributed by atoms with Crippen LogP contribution in [0.4, 0.5) is 0 Å². The molecule has 1 aromatic rings. The van der Waals surface area contributed by atoms with E-state index in [0.29, 0.717) is 19.1 Å². The number of hydrogen-bond acceptors (Lipinski definition) is 5. The maximum absolute atomic E-state index is 9.94. The Balaban J connectivity index is 1.83. The lowest BCUT2D eigenvalue weighted by Gasteiger charge is -2.33. The van der Waals surface area contributed by atoms with Crippen molar-refractivity contribution in [1.29, 1.82) is 0 Å². The van der Waals surface area contributed by atoms with E-state index in [9.17, 15) is 5.11 Å². The van der Waals surface area contributed by atoms with Gasteiger partial charge in [-0.3, -0.25) is 0 Å². The Bertz CT molecular complexity index is 809. The minimum absolute atomic E-state index is 0.202. The van der Waals surface area contributed by atoms with Gasteiger partial charge in [-0.15, -0.1) is 5.92 Å². The van der Waals surface area contributed by atoms with Crippen LogP contribution in [0.25, 0.3) is 0 Å². The molecule has 0 saturated heterocycles. The van der Waals surface area contributed by atoms with Crippen molar-refractivity contribution in [2.24, 2.45) is 5.92 Å². The molecule has 1 N–H and O–H groups in total. The Morgan fingerprint density at radius 1 is 1.17 bits per heavy atom. The van der Waals surface area contributed by atoms with Gasteiger partial charge in [0.1, 0.15) is 12.7 Å². The molecule has 0 bridgehead atoms. The molecule has 1 saturated carbocycles. The van der Waals surface area contributed by atoms with E-state index in [2.05, 4.69) is 16.7 Å². The molecular formula is C24H31NO4. The van der Waals surface area contributed by atoms with E-state index < -0.39 is 6.10 Å². The summed E-state index contributed by atoms with van der Waals surface area (Å²) in [5.41, 5.74) is 3.03. The monoisotopic (exact) mass is 397 g/mol. The SMILES string of the molecule is CC#CCOC(CN1C(C)=CC(O)C=C1C)c1ccc(OC)c(OCC2CC2)c1. The number of hydrogen-bond donors (Lipinski definition) is 1. The van der Waals surface area contributed by atoms with Crippen LogP contribution in [0, 0.1) is 17.8 Å². The van der Waals surface area contributed by atoms with Gasteiger partial charge < -0.3 is 24.2 Å². The Morgan fingerprint density at radius 2 is 1.90 bits per heavy atom. The zero-order valence-corrected chi connectivity index (χ0v) is 17.8. The van der Waals surface area contributed by atoms with Crippen molar-refractivity contribution >= 4 is 0 Å². The van der Waals surface area contributed by atoms with Crippen molar-refractivity contribution in [2.45, 2.75) is 45.8 Å². The largest absolute Gasteiger partial charge is 0.493 e. The molecule has 0 spiro atoms. The molecule has 1 fully saturated rings. The summed E-state index contributed by atoms with van der Waals surface area (Å²) < 4.78 is 17.7. The van der Waals surface area contributed by atoms with Crippen molar-refractivity contribution in [3.05, 3.63) is 47.3 Å². The molecule has 1 aliphatic heterocycles. The zero-order valence-electron chi connectivity index (χ0n) is 17.8. The molecule has 5 nitrogen and oxygen atoms in total. The van der Waals surface area contributed by atoms with Crippen molar-refractivity contribution in [1.82, 2.24) is 4.90 Å². The van der Waals surface area contributed by atoms with Crippen molar-refractivity contribution in [3.8, 4) is 23.3 Å². The number of ether oxygens (including phenoxy) is 3. The van der Waals surface area contributed by atoms with Crippen LogP contribution in [0.2, 0.25) is 0 Å². The van der Waals surface area contributed by atoms with E-state index >= 15 is 0 Å². The Kier molecular flexibility index (Phi) is 7.24. The highest BCUT2D eigenvalue weighted by atomic mass is 16.5. The Hall–Kier alpha value is -2.42. The second-order valence-electron chi connectivity index (χ2n) is 7.61. The normalized spacial score (nSPS) is 17.8. The predicted octanol–water partition coefficient (Wildman–Crippen LogP) is 4.05. The molecule has 1 heterocycles. The van der Waals surface area contributed by atoms with Crippen LogP contribution in [0.15, 0.2) is 41.7 Å². The van der Waals surface area contributed by atoms with E-state index in [1.165, 1.54) is 12.8 Å². The third kappa shape index (κ3) is 5.79. The first-order valence-electron chi connectivity index (χ1n) is 10.2. The smallest absolute Gasteiger partial charge is 0.161 e. The van der Waals surface area contributed by atoms with E-state index in [1.807, 2.05) is 44.2 Å². The van der Waals surface area contributed by atoms with E-state index in [4.69, 9.17) is 14.2 Å². The van der Waals surface area contributed by atoms with Crippen LogP contribution in [0.1, 0.15) is 45.3 Å². The van der Waals surface area contributed by atoms with Crippen LogP contribution in [0.3, 0.4) is 0 Å². The number of benzene rings is 1. The predicted molar refractivity (Wildman–Crippen MR) is 114 cm³/mol. The second kappa shape index (κ2) is 9.87. The first-order chi connectivity index (χ1) is 14.0. The van der Waals surface area contributed by atoms with Gasteiger partial charge in [0.2, 0.25) is 0 Å². The Morgan fingerprint density at radius 3 is 2.52 bits per heavy atom. The standard InChI is InChI=1S/C24H31NO4/c1-5-6-11-28-24(15-25-17(2)12-21(26)13-18(25)3)20-9-10-22(27-4)23(14-20)29-16-19-7-8-19/h9-10,12-14,19,21,24,26H,7-8,11,15-16H2,1-4H3. The van der Waals surface area contributed by atoms with Gasteiger partial charge in [-0.2, -0.15) is 0 Å². The molecule has 1 unspecified atom stereocenters. The van der Waals surface area contributed by atoms with Crippen molar-refractivity contribution in [2.75, 3.05) is 26.9 Å². The molecule has 3 rings (SSSR count). The summed E-state index contributed by atoms with van der Waals surface area (Å²) in [5, 5.41) is 9.94. The Labute approximate surface area is 174 Å². The van der Waals surface area contributed by atoms with Crippen LogP contribution in [0.5, 0.6) is 11.5 Å². The third-order valence-corrected chi connectivity index (χ3v) is 5.29. The highest BCUT2D eigenvalue weighted by molar-refractivity contribution is 5.44. The fraction of sp³-hybridized carbons (Fsp3) is 0.500. The fourth-order valence-corrected chi connectivity index (χ4v) is 3.42. The average molecular weight is 398 g/mol. The highest BCUT2D eigenvalue weighted by Gasteiger charge is 2.25. The lowest BCUT2D eigenvalue weighted by molar-refractivity contribution is 0.0579. The summed E-state index contributed by atoms with van der Waals surface area (Å²) in [6.07, 6.45) is 5.41. The maximum Gasteiger partial charge on any atom is 0.161 e. The van der Waals surface area contributed by atoms with Crippen LogP contribution < -0.4 is 9.47 Å². The summed E-state index contributed by atoms with van der Waals surface area (Å²) in [6, 6.07) is 5.97. The van der Waals surface area contributed by atoms with Crippen molar-refractivity contribution in [3.63, 3.8) is 0 Å². The summed E-state index contributed by atoms with van der Waals surface area (Å²) in [7, 11) is 1.66. The molecule has 29 heavy (non-hydrogen) atoms. The van der Waals surface area contributed by atoms with Gasteiger partial charge in [0.15, 0.2) is 11.5 Å². The number of aliphatic hydroxyl groups is 1. The second-order valence-corrected chi connectivity index (χ2v) is 7.61.